The van der Waals surface area contributed by atoms with Crippen molar-refractivity contribution in [2.75, 3.05) is 26.7 Å². The molecular weight excluding hydrogens is 264 g/mol. The highest BCUT2D eigenvalue weighted by molar-refractivity contribution is 5.78. The Hall–Kier alpha value is -0.610. The van der Waals surface area contributed by atoms with E-state index in [9.17, 15) is 4.79 Å². The molecule has 2 heterocycles. The van der Waals surface area contributed by atoms with E-state index in [4.69, 9.17) is 4.74 Å². The Labute approximate surface area is 128 Å². The van der Waals surface area contributed by atoms with Crippen molar-refractivity contribution in [3.63, 3.8) is 0 Å². The third-order valence-corrected chi connectivity index (χ3v) is 5.64. The van der Waals surface area contributed by atoms with Crippen LogP contribution in [0.1, 0.15) is 57.8 Å². The van der Waals surface area contributed by atoms with E-state index in [1.54, 1.807) is 0 Å². The smallest absolute Gasteiger partial charge is 0.248 e. The van der Waals surface area contributed by atoms with Crippen molar-refractivity contribution in [2.45, 2.75) is 76.0 Å². The van der Waals surface area contributed by atoms with Crippen LogP contribution in [0.25, 0.3) is 0 Å². The summed E-state index contributed by atoms with van der Waals surface area (Å²) >= 11 is 0. The van der Waals surface area contributed by atoms with E-state index in [1.807, 2.05) is 0 Å². The molecule has 1 saturated carbocycles. The zero-order valence-corrected chi connectivity index (χ0v) is 13.4. The van der Waals surface area contributed by atoms with Crippen molar-refractivity contribution in [3.8, 4) is 0 Å². The lowest BCUT2D eigenvalue weighted by Crippen LogP contribution is -2.48. The molecule has 4 heteroatoms. The van der Waals surface area contributed by atoms with E-state index < -0.39 is 0 Å². The summed E-state index contributed by atoms with van der Waals surface area (Å²) in [5.41, 5.74) is 0. The van der Waals surface area contributed by atoms with Crippen molar-refractivity contribution in [1.82, 2.24) is 9.80 Å². The van der Waals surface area contributed by atoms with E-state index in [0.29, 0.717) is 24.8 Å². The number of ether oxygens (including phenoxy) is 1. The van der Waals surface area contributed by atoms with Gasteiger partial charge in [-0.15, -0.1) is 0 Å². The van der Waals surface area contributed by atoms with Crippen LogP contribution in [0.2, 0.25) is 0 Å². The molecule has 0 aromatic heterocycles. The van der Waals surface area contributed by atoms with Crippen molar-refractivity contribution in [2.24, 2.45) is 0 Å². The SMILES string of the molecule is CN1CCCC1C1CCCN1C(=O)COC1CCCCC1. The van der Waals surface area contributed by atoms with E-state index in [1.165, 1.54) is 45.1 Å². The zero-order chi connectivity index (χ0) is 14.7. The maximum absolute atomic E-state index is 12.5. The number of nitrogens with zero attached hydrogens (tertiary/aromatic N) is 2. The highest BCUT2D eigenvalue weighted by Crippen LogP contribution is 2.29. The molecule has 2 unspecified atom stereocenters. The number of likely N-dealkylation sites (tertiary alicyclic amines) is 2. The minimum absolute atomic E-state index is 0.225. The second-order valence-electron chi connectivity index (χ2n) is 7.06. The van der Waals surface area contributed by atoms with Crippen LogP contribution < -0.4 is 0 Å². The maximum Gasteiger partial charge on any atom is 0.248 e. The molecule has 0 aromatic carbocycles. The van der Waals surface area contributed by atoms with Crippen molar-refractivity contribution < 1.29 is 9.53 Å². The molecule has 0 bridgehead atoms. The molecular formula is C17H30N2O2. The maximum atomic E-state index is 12.5. The first-order valence-electron chi connectivity index (χ1n) is 8.87. The fourth-order valence-corrected chi connectivity index (χ4v) is 4.43. The van der Waals surface area contributed by atoms with Gasteiger partial charge in [-0.1, -0.05) is 19.3 Å². The summed E-state index contributed by atoms with van der Waals surface area (Å²) in [6.07, 6.45) is 11.3. The van der Waals surface area contributed by atoms with Crippen LogP contribution in [0.15, 0.2) is 0 Å². The van der Waals surface area contributed by atoms with E-state index in [2.05, 4.69) is 16.8 Å². The molecule has 2 aliphatic heterocycles. The Morgan fingerprint density at radius 2 is 1.67 bits per heavy atom. The number of carbonyl (C=O) groups is 1. The van der Waals surface area contributed by atoms with Crippen molar-refractivity contribution in [3.05, 3.63) is 0 Å². The molecule has 120 valence electrons. The molecule has 2 atom stereocenters. The number of amides is 1. The van der Waals surface area contributed by atoms with Gasteiger partial charge in [0.15, 0.2) is 0 Å². The standard InChI is InChI=1S/C17H30N2O2/c1-18-11-5-9-15(18)16-10-6-12-19(16)17(20)13-21-14-7-3-2-4-8-14/h14-16H,2-13H2,1H3. The lowest BCUT2D eigenvalue weighted by Gasteiger charge is -2.33. The van der Waals surface area contributed by atoms with Gasteiger partial charge in [-0.05, 0) is 52.1 Å². The summed E-state index contributed by atoms with van der Waals surface area (Å²) in [5, 5.41) is 0. The number of carbonyl (C=O) groups excluding carboxylic acids is 1. The Morgan fingerprint density at radius 3 is 2.38 bits per heavy atom. The molecule has 0 spiro atoms. The third kappa shape index (κ3) is 3.59. The van der Waals surface area contributed by atoms with Crippen LogP contribution in [0.5, 0.6) is 0 Å². The highest BCUT2D eigenvalue weighted by Gasteiger charge is 2.38. The second kappa shape index (κ2) is 7.10. The number of rotatable bonds is 4. The van der Waals surface area contributed by atoms with Crippen molar-refractivity contribution in [1.29, 1.82) is 0 Å². The lowest BCUT2D eigenvalue weighted by molar-refractivity contribution is -0.140. The van der Waals surface area contributed by atoms with Gasteiger partial charge in [0.2, 0.25) is 5.91 Å². The van der Waals surface area contributed by atoms with Gasteiger partial charge < -0.3 is 14.5 Å². The van der Waals surface area contributed by atoms with Gasteiger partial charge in [0, 0.05) is 18.6 Å². The molecule has 3 aliphatic rings. The number of hydrogen-bond acceptors (Lipinski definition) is 3. The van der Waals surface area contributed by atoms with Crippen LogP contribution in [0.4, 0.5) is 0 Å². The van der Waals surface area contributed by atoms with E-state index in [-0.39, 0.29) is 5.91 Å². The van der Waals surface area contributed by atoms with E-state index >= 15 is 0 Å². The van der Waals surface area contributed by atoms with Crippen LogP contribution in [0, 0.1) is 0 Å². The summed E-state index contributed by atoms with van der Waals surface area (Å²) in [6, 6.07) is 1.01. The molecule has 4 nitrogen and oxygen atoms in total. The Bertz CT molecular complexity index is 355. The summed E-state index contributed by atoms with van der Waals surface area (Å²) in [4.78, 5) is 17.1. The van der Waals surface area contributed by atoms with Crippen molar-refractivity contribution >= 4 is 5.91 Å². The van der Waals surface area contributed by atoms with Gasteiger partial charge in [-0.3, -0.25) is 4.79 Å². The molecule has 2 saturated heterocycles. The topological polar surface area (TPSA) is 32.8 Å². The zero-order valence-electron chi connectivity index (χ0n) is 13.4. The molecule has 1 aliphatic carbocycles. The van der Waals surface area contributed by atoms with Gasteiger partial charge in [-0.25, -0.2) is 0 Å². The molecule has 0 radical (unpaired) electrons. The van der Waals surface area contributed by atoms with Crippen LogP contribution in [-0.4, -0.2) is 60.6 Å². The molecule has 0 aromatic rings. The summed E-state index contributed by atoms with van der Waals surface area (Å²) in [7, 11) is 2.21. The van der Waals surface area contributed by atoms with Crippen LogP contribution in [-0.2, 0) is 9.53 Å². The summed E-state index contributed by atoms with van der Waals surface area (Å²) < 4.78 is 5.89. The Morgan fingerprint density at radius 1 is 0.952 bits per heavy atom. The Balaban J connectivity index is 1.50. The minimum atomic E-state index is 0.225. The number of hydrogen-bond donors (Lipinski definition) is 0. The number of likely N-dealkylation sites (N-methyl/N-ethyl adjacent to an activating group) is 1. The predicted molar refractivity (Wildman–Crippen MR) is 83.2 cm³/mol. The normalized spacial score (nSPS) is 32.0. The predicted octanol–water partition coefficient (Wildman–Crippen LogP) is 2.42. The fraction of sp³-hybridized carbons (Fsp3) is 0.941. The highest BCUT2D eigenvalue weighted by atomic mass is 16.5. The van der Waals surface area contributed by atoms with Gasteiger partial charge in [-0.2, -0.15) is 0 Å². The third-order valence-electron chi connectivity index (χ3n) is 5.64. The van der Waals surface area contributed by atoms with Crippen LogP contribution >= 0.6 is 0 Å². The van der Waals surface area contributed by atoms with Gasteiger partial charge in [0.25, 0.3) is 0 Å². The van der Waals surface area contributed by atoms with Gasteiger partial charge in [0.05, 0.1) is 6.10 Å². The van der Waals surface area contributed by atoms with Crippen LogP contribution in [0.3, 0.4) is 0 Å². The van der Waals surface area contributed by atoms with Gasteiger partial charge in [0.1, 0.15) is 6.61 Å². The first-order chi connectivity index (χ1) is 10.3. The second-order valence-corrected chi connectivity index (χ2v) is 7.06. The quantitative estimate of drug-likeness (QED) is 0.798. The molecule has 3 fully saturated rings. The minimum Gasteiger partial charge on any atom is -0.368 e. The first-order valence-corrected chi connectivity index (χ1v) is 8.87. The van der Waals surface area contributed by atoms with E-state index in [0.717, 1.165) is 25.8 Å². The average molecular weight is 294 g/mol. The molecule has 0 N–H and O–H groups in total. The molecule has 3 rings (SSSR count). The Kier molecular flexibility index (Phi) is 5.17. The first kappa shape index (κ1) is 15.3. The average Bonchev–Trinajstić information content (AvgIpc) is 3.14. The molecule has 21 heavy (non-hydrogen) atoms. The summed E-state index contributed by atoms with van der Waals surface area (Å²) in [5.74, 6) is 0.225. The summed E-state index contributed by atoms with van der Waals surface area (Å²) in [6.45, 7) is 2.42. The largest absolute Gasteiger partial charge is 0.368 e. The molecule has 1 amide bonds. The lowest BCUT2D eigenvalue weighted by atomic mass is 9.98. The monoisotopic (exact) mass is 294 g/mol. The fourth-order valence-electron chi connectivity index (χ4n) is 4.43. The van der Waals surface area contributed by atoms with Gasteiger partial charge >= 0.3 is 0 Å².